The normalized spacial score (nSPS) is 16.9. The van der Waals surface area contributed by atoms with E-state index in [9.17, 15) is 18.0 Å². The summed E-state index contributed by atoms with van der Waals surface area (Å²) in [6.45, 7) is 16.3. The summed E-state index contributed by atoms with van der Waals surface area (Å²) in [7, 11) is -3.83. The van der Waals surface area contributed by atoms with Crippen molar-refractivity contribution in [3.63, 3.8) is 0 Å². The maximum absolute atomic E-state index is 14.4. The van der Waals surface area contributed by atoms with Crippen molar-refractivity contribution >= 4 is 27.7 Å². The summed E-state index contributed by atoms with van der Waals surface area (Å²) >= 11 is 0. The number of carbonyl (C=O) groups is 2. The van der Waals surface area contributed by atoms with Gasteiger partial charge in [0.15, 0.2) is 0 Å². The number of hydrogen-bond donors (Lipinski definition) is 2. The lowest BCUT2D eigenvalue weighted by Crippen LogP contribution is -2.45. The number of hydrogen-bond acceptors (Lipinski definition) is 7. The molecule has 0 saturated heterocycles. The number of benzene rings is 1. The highest BCUT2D eigenvalue weighted by Gasteiger charge is 2.37. The molecule has 1 aromatic carbocycles. The Hall–Kier alpha value is -2.98. The van der Waals surface area contributed by atoms with Gasteiger partial charge in [-0.3, -0.25) is 9.59 Å². The highest BCUT2D eigenvalue weighted by atomic mass is 32.2. The Morgan fingerprint density at radius 2 is 1.78 bits per heavy atom. The van der Waals surface area contributed by atoms with Gasteiger partial charge in [0.25, 0.3) is 10.0 Å². The van der Waals surface area contributed by atoms with Gasteiger partial charge in [-0.15, -0.1) is 0 Å². The average Bonchev–Trinajstić information content (AvgIpc) is 2.95. The number of aromatic nitrogens is 1. The number of rotatable bonds is 10. The molecule has 1 aliphatic heterocycles. The zero-order valence-corrected chi connectivity index (χ0v) is 29.2. The third-order valence-electron chi connectivity index (χ3n) is 9.14. The van der Waals surface area contributed by atoms with Gasteiger partial charge in [0.1, 0.15) is 17.5 Å². The van der Waals surface area contributed by atoms with Crippen molar-refractivity contribution in [3.05, 3.63) is 51.2 Å². The van der Waals surface area contributed by atoms with Gasteiger partial charge < -0.3 is 15.8 Å². The lowest BCUT2D eigenvalue weighted by molar-refractivity contribution is -0.156. The predicted molar refractivity (Wildman–Crippen MR) is 178 cm³/mol. The molecule has 0 spiro atoms. The third-order valence-corrected chi connectivity index (χ3v) is 11.2. The summed E-state index contributed by atoms with van der Waals surface area (Å²) in [5.41, 5.74) is 12.5. The summed E-state index contributed by atoms with van der Waals surface area (Å²) in [6, 6.07) is 3.05. The van der Waals surface area contributed by atoms with E-state index in [0.717, 1.165) is 60.1 Å². The first kappa shape index (κ1) is 34.9. The number of nitrogens with one attached hydrogen (secondary N) is 1. The van der Waals surface area contributed by atoms with E-state index in [0.29, 0.717) is 42.9 Å². The first-order chi connectivity index (χ1) is 20.9. The molecular weight excluding hydrogens is 588 g/mol. The van der Waals surface area contributed by atoms with E-state index in [1.165, 1.54) is 15.4 Å². The number of aryl methyl sites for hydroxylation is 2. The average molecular weight is 641 g/mol. The molecule has 9 nitrogen and oxygen atoms in total. The van der Waals surface area contributed by atoms with Crippen LogP contribution in [0.2, 0.25) is 0 Å². The quantitative estimate of drug-likeness (QED) is 0.271. The lowest BCUT2D eigenvalue weighted by atomic mass is 9.71. The van der Waals surface area contributed by atoms with Crippen LogP contribution in [0, 0.1) is 26.2 Å². The molecular formula is C35H52N4O5S. The van der Waals surface area contributed by atoms with Crippen molar-refractivity contribution in [1.82, 2.24) is 10.3 Å². The number of amides is 1. The first-order valence-electron chi connectivity index (χ1n) is 16.3. The van der Waals surface area contributed by atoms with Crippen molar-refractivity contribution in [2.75, 3.05) is 17.4 Å². The van der Waals surface area contributed by atoms with Crippen LogP contribution in [-0.4, -0.2) is 50.0 Å². The molecule has 0 radical (unpaired) electrons. The molecule has 2 aliphatic rings. The van der Waals surface area contributed by atoms with Crippen molar-refractivity contribution in [1.29, 1.82) is 0 Å². The molecule has 10 heteroatoms. The Morgan fingerprint density at radius 3 is 2.47 bits per heavy atom. The van der Waals surface area contributed by atoms with Crippen LogP contribution in [0.25, 0.3) is 0 Å². The van der Waals surface area contributed by atoms with Gasteiger partial charge in [-0.2, -0.15) is 0 Å². The molecule has 3 N–H and O–H groups in total. The Morgan fingerprint density at radius 1 is 1.07 bits per heavy atom. The van der Waals surface area contributed by atoms with E-state index in [2.05, 4.69) is 26.1 Å². The second-order valence-electron chi connectivity index (χ2n) is 14.6. The van der Waals surface area contributed by atoms with E-state index in [1.807, 2.05) is 26.0 Å². The fourth-order valence-corrected chi connectivity index (χ4v) is 8.58. The summed E-state index contributed by atoms with van der Waals surface area (Å²) in [4.78, 5) is 29.7. The van der Waals surface area contributed by atoms with Gasteiger partial charge in [0.05, 0.1) is 4.90 Å². The predicted octanol–water partition coefficient (Wildman–Crippen LogP) is 5.16. The lowest BCUT2D eigenvalue weighted by Gasteiger charge is -2.36. The highest BCUT2D eigenvalue weighted by Crippen LogP contribution is 2.42. The Bertz CT molecular complexity index is 1560. The molecule has 2 aromatic rings. The van der Waals surface area contributed by atoms with E-state index < -0.39 is 27.6 Å². The minimum Gasteiger partial charge on any atom is -0.459 e. The molecule has 4 rings (SSSR count). The van der Waals surface area contributed by atoms with Gasteiger partial charge in [0, 0.05) is 25.2 Å². The molecule has 248 valence electrons. The zero-order chi connectivity index (χ0) is 33.3. The van der Waals surface area contributed by atoms with Crippen molar-refractivity contribution in [3.8, 4) is 0 Å². The molecule has 1 aromatic heterocycles. The number of ether oxygens (including phenoxy) is 1. The van der Waals surface area contributed by atoms with Gasteiger partial charge in [-0.25, -0.2) is 17.7 Å². The fraction of sp³-hybridized carbons (Fsp3) is 0.629. The Kier molecular flexibility index (Phi) is 10.4. The minimum absolute atomic E-state index is 0.0190. The molecule has 1 amide bonds. The Labute approximate surface area is 269 Å². The molecule has 0 fully saturated rings. The zero-order valence-electron chi connectivity index (χ0n) is 28.4. The number of esters is 1. The van der Waals surface area contributed by atoms with E-state index >= 15 is 0 Å². The molecule has 0 saturated carbocycles. The Balaban J connectivity index is 1.43. The molecule has 2 heterocycles. The highest BCUT2D eigenvalue weighted by molar-refractivity contribution is 7.93. The van der Waals surface area contributed by atoms with Crippen LogP contribution in [-0.2, 0) is 50.0 Å². The number of sulfonamides is 1. The van der Waals surface area contributed by atoms with Gasteiger partial charge in [0.2, 0.25) is 5.91 Å². The van der Waals surface area contributed by atoms with E-state index in [4.69, 9.17) is 15.5 Å². The molecule has 0 bridgehead atoms. The molecule has 0 unspecified atom stereocenters. The van der Waals surface area contributed by atoms with E-state index in [1.54, 1.807) is 20.8 Å². The summed E-state index contributed by atoms with van der Waals surface area (Å²) in [6.07, 6.45) is 6.69. The summed E-state index contributed by atoms with van der Waals surface area (Å²) in [5, 5.41) is 2.71. The molecule has 1 atom stereocenters. The molecule has 1 aliphatic carbocycles. The molecule has 45 heavy (non-hydrogen) atoms. The third kappa shape index (κ3) is 8.06. The van der Waals surface area contributed by atoms with E-state index in [-0.39, 0.29) is 17.9 Å². The summed E-state index contributed by atoms with van der Waals surface area (Å²) < 4.78 is 35.6. The second kappa shape index (κ2) is 13.4. The SMILES string of the molecule is Cc1c(C)c(S(=O)(=O)N2CCCc3ccc(CCCCC(=O)NC[C@H](N)C(=O)OC(C)(C)C)nc32)c(C)c2c1CC(C)(C)CC2. The smallest absolute Gasteiger partial charge is 0.325 e. The topological polar surface area (TPSA) is 132 Å². The number of carbonyl (C=O) groups excluding carboxylic acids is 2. The van der Waals surface area contributed by atoms with Gasteiger partial charge in [-0.05, 0) is 138 Å². The van der Waals surface area contributed by atoms with Crippen LogP contribution >= 0.6 is 0 Å². The number of fused-ring (bicyclic) bond motifs is 2. The van der Waals surface area contributed by atoms with Crippen molar-refractivity contribution in [2.45, 2.75) is 130 Å². The second-order valence-corrected chi connectivity index (χ2v) is 16.4. The van der Waals surface area contributed by atoms with Crippen LogP contribution < -0.4 is 15.4 Å². The van der Waals surface area contributed by atoms with Crippen molar-refractivity contribution < 1.29 is 22.7 Å². The number of nitrogens with zero attached hydrogens (tertiary/aromatic N) is 2. The minimum atomic E-state index is -3.83. The number of nitrogens with two attached hydrogens (primary N) is 1. The number of pyridine rings is 1. The van der Waals surface area contributed by atoms with Crippen LogP contribution in [0.5, 0.6) is 0 Å². The summed E-state index contributed by atoms with van der Waals surface area (Å²) in [5.74, 6) is -0.198. The van der Waals surface area contributed by atoms with Gasteiger partial charge in [-0.1, -0.05) is 19.9 Å². The van der Waals surface area contributed by atoms with Gasteiger partial charge >= 0.3 is 5.97 Å². The number of unbranched alkanes of at least 4 members (excludes halogenated alkanes) is 1. The standard InChI is InChI=1S/C35H52N4O5S/c1-22-23(2)31(24(3)27-17-18-35(7,8)20-28(22)27)45(42,43)39-19-11-12-25-15-16-26(38-32(25)39)13-9-10-14-30(40)37-21-29(36)33(41)44-34(4,5)6/h15-16,29H,9-14,17-21,36H2,1-8H3,(H,37,40)/t29-/m0/s1. The fourth-order valence-electron chi connectivity index (χ4n) is 6.56. The first-order valence-corrected chi connectivity index (χ1v) is 17.7. The monoisotopic (exact) mass is 640 g/mol. The van der Waals surface area contributed by atoms with Crippen LogP contribution in [0.4, 0.5) is 5.82 Å². The number of anilines is 1. The maximum Gasteiger partial charge on any atom is 0.325 e. The largest absolute Gasteiger partial charge is 0.459 e. The maximum atomic E-state index is 14.4. The van der Waals surface area contributed by atoms with Crippen LogP contribution in [0.3, 0.4) is 0 Å². The van der Waals surface area contributed by atoms with Crippen LogP contribution in [0.1, 0.15) is 106 Å². The van der Waals surface area contributed by atoms with Crippen molar-refractivity contribution in [2.24, 2.45) is 11.1 Å². The van der Waals surface area contributed by atoms with Crippen LogP contribution in [0.15, 0.2) is 17.0 Å².